The molecule has 3 rings (SSSR count). The third kappa shape index (κ3) is 1.47. The average Bonchev–Trinajstić information content (AvgIpc) is 2.64. The smallest absolute Gasteiger partial charge is 0.309 e. The number of carboxylic acid groups (broad SMARTS) is 1. The van der Waals surface area contributed by atoms with E-state index in [4.69, 9.17) is 5.11 Å². The first-order valence-electron chi connectivity index (χ1n) is 5.96. The maximum atomic E-state index is 10.7. The second-order valence-electron chi connectivity index (χ2n) is 5.09. The van der Waals surface area contributed by atoms with Crippen LogP contribution >= 0.6 is 0 Å². The first-order valence-corrected chi connectivity index (χ1v) is 5.96. The fourth-order valence-electron chi connectivity index (χ4n) is 3.42. The van der Waals surface area contributed by atoms with E-state index in [1.165, 1.54) is 32.4 Å². The van der Waals surface area contributed by atoms with E-state index >= 15 is 0 Å². The van der Waals surface area contributed by atoms with Gasteiger partial charge in [-0.3, -0.25) is 14.6 Å². The molecular formula is C11H18N2O2. The molecule has 3 heterocycles. The molecule has 3 aliphatic rings. The van der Waals surface area contributed by atoms with Crippen molar-refractivity contribution in [1.82, 2.24) is 9.80 Å². The van der Waals surface area contributed by atoms with E-state index < -0.39 is 5.97 Å². The summed E-state index contributed by atoms with van der Waals surface area (Å²) in [5.74, 6) is -0.715. The van der Waals surface area contributed by atoms with E-state index in [0.29, 0.717) is 6.04 Å². The third-order valence-corrected chi connectivity index (χ3v) is 4.30. The van der Waals surface area contributed by atoms with Crippen molar-refractivity contribution in [1.29, 1.82) is 0 Å². The Kier molecular flexibility index (Phi) is 2.21. The first kappa shape index (κ1) is 9.60. The molecule has 0 aliphatic carbocycles. The lowest BCUT2D eigenvalue weighted by atomic mass is 9.94. The normalized spacial score (nSPS) is 37.9. The SMILES string of the molecule is O=C(O)C1CN(C2CCN3CCCC23)C1. The van der Waals surface area contributed by atoms with Crippen LogP contribution in [0.4, 0.5) is 0 Å². The Morgan fingerprint density at radius 1 is 1.07 bits per heavy atom. The molecule has 2 atom stereocenters. The zero-order valence-electron chi connectivity index (χ0n) is 8.93. The quantitative estimate of drug-likeness (QED) is 0.709. The number of carboxylic acids is 1. The van der Waals surface area contributed by atoms with Crippen LogP contribution in [0, 0.1) is 5.92 Å². The van der Waals surface area contributed by atoms with Gasteiger partial charge in [-0.05, 0) is 25.8 Å². The molecule has 0 aromatic rings. The molecule has 0 aromatic heterocycles. The van der Waals surface area contributed by atoms with Crippen LogP contribution < -0.4 is 0 Å². The predicted molar refractivity (Wildman–Crippen MR) is 55.7 cm³/mol. The van der Waals surface area contributed by atoms with Crippen LogP contribution in [-0.2, 0) is 4.79 Å². The van der Waals surface area contributed by atoms with Gasteiger partial charge in [0.1, 0.15) is 0 Å². The molecule has 0 radical (unpaired) electrons. The van der Waals surface area contributed by atoms with Crippen LogP contribution in [0.3, 0.4) is 0 Å². The Labute approximate surface area is 89.8 Å². The molecule has 2 unspecified atom stereocenters. The minimum atomic E-state index is -0.618. The summed E-state index contributed by atoms with van der Waals surface area (Å²) < 4.78 is 0. The summed E-state index contributed by atoms with van der Waals surface area (Å²) in [6.07, 6.45) is 3.90. The van der Waals surface area contributed by atoms with Crippen molar-refractivity contribution in [3.05, 3.63) is 0 Å². The van der Waals surface area contributed by atoms with E-state index in [-0.39, 0.29) is 5.92 Å². The van der Waals surface area contributed by atoms with E-state index in [1.54, 1.807) is 0 Å². The molecule has 3 aliphatic heterocycles. The molecule has 4 nitrogen and oxygen atoms in total. The Morgan fingerprint density at radius 3 is 2.53 bits per heavy atom. The maximum absolute atomic E-state index is 10.7. The minimum Gasteiger partial charge on any atom is -0.481 e. The lowest BCUT2D eigenvalue weighted by molar-refractivity contribution is -0.148. The maximum Gasteiger partial charge on any atom is 0.309 e. The fraction of sp³-hybridized carbons (Fsp3) is 0.909. The molecule has 0 amide bonds. The molecule has 0 bridgehead atoms. The van der Waals surface area contributed by atoms with Crippen LogP contribution in [0.25, 0.3) is 0 Å². The molecule has 0 saturated carbocycles. The number of nitrogens with zero attached hydrogens (tertiary/aromatic N) is 2. The molecule has 1 N–H and O–H groups in total. The molecule has 15 heavy (non-hydrogen) atoms. The summed E-state index contributed by atoms with van der Waals surface area (Å²) in [5, 5.41) is 8.84. The predicted octanol–water partition coefficient (Wildman–Crippen LogP) is 0.240. The Morgan fingerprint density at radius 2 is 1.80 bits per heavy atom. The number of hydrogen-bond acceptors (Lipinski definition) is 3. The van der Waals surface area contributed by atoms with Crippen LogP contribution in [0.2, 0.25) is 0 Å². The van der Waals surface area contributed by atoms with Crippen molar-refractivity contribution in [3.63, 3.8) is 0 Å². The van der Waals surface area contributed by atoms with Crippen molar-refractivity contribution in [2.24, 2.45) is 5.92 Å². The highest BCUT2D eigenvalue weighted by Crippen LogP contribution is 2.34. The van der Waals surface area contributed by atoms with Gasteiger partial charge in [0.05, 0.1) is 5.92 Å². The van der Waals surface area contributed by atoms with Gasteiger partial charge in [0.25, 0.3) is 0 Å². The lowest BCUT2D eigenvalue weighted by Crippen LogP contribution is -2.57. The Balaban J connectivity index is 1.59. The number of fused-ring (bicyclic) bond motifs is 1. The molecule has 0 spiro atoms. The van der Waals surface area contributed by atoms with Gasteiger partial charge in [-0.1, -0.05) is 0 Å². The van der Waals surface area contributed by atoms with Gasteiger partial charge in [0.15, 0.2) is 0 Å². The topological polar surface area (TPSA) is 43.8 Å². The van der Waals surface area contributed by atoms with Crippen LogP contribution in [-0.4, -0.2) is 59.1 Å². The summed E-state index contributed by atoms with van der Waals surface area (Å²) in [6, 6.07) is 1.39. The van der Waals surface area contributed by atoms with Crippen molar-refractivity contribution in [2.45, 2.75) is 31.3 Å². The molecule has 4 heteroatoms. The van der Waals surface area contributed by atoms with Crippen molar-refractivity contribution in [2.75, 3.05) is 26.2 Å². The highest BCUT2D eigenvalue weighted by molar-refractivity contribution is 5.71. The van der Waals surface area contributed by atoms with Gasteiger partial charge in [-0.2, -0.15) is 0 Å². The summed E-state index contributed by atoms with van der Waals surface area (Å²) in [6.45, 7) is 4.05. The summed E-state index contributed by atoms with van der Waals surface area (Å²) in [7, 11) is 0. The van der Waals surface area contributed by atoms with Gasteiger partial charge in [-0.15, -0.1) is 0 Å². The van der Waals surface area contributed by atoms with Gasteiger partial charge < -0.3 is 5.11 Å². The zero-order chi connectivity index (χ0) is 10.4. The van der Waals surface area contributed by atoms with Crippen LogP contribution in [0.5, 0.6) is 0 Å². The van der Waals surface area contributed by atoms with Crippen molar-refractivity contribution in [3.8, 4) is 0 Å². The number of aliphatic carboxylic acids is 1. The van der Waals surface area contributed by atoms with Gasteiger partial charge in [0, 0.05) is 31.7 Å². The highest BCUT2D eigenvalue weighted by atomic mass is 16.4. The number of rotatable bonds is 2. The van der Waals surface area contributed by atoms with E-state index in [1.807, 2.05) is 0 Å². The number of carbonyl (C=O) groups is 1. The second-order valence-corrected chi connectivity index (χ2v) is 5.09. The van der Waals surface area contributed by atoms with E-state index in [0.717, 1.165) is 19.1 Å². The average molecular weight is 210 g/mol. The largest absolute Gasteiger partial charge is 0.481 e. The minimum absolute atomic E-state index is 0.0968. The van der Waals surface area contributed by atoms with Crippen LogP contribution in [0.1, 0.15) is 19.3 Å². The molecular weight excluding hydrogens is 192 g/mol. The summed E-state index contributed by atoms with van der Waals surface area (Å²) in [4.78, 5) is 15.7. The lowest BCUT2D eigenvalue weighted by Gasteiger charge is -2.43. The Bertz CT molecular complexity index is 276. The number of hydrogen-bond donors (Lipinski definition) is 1. The van der Waals surface area contributed by atoms with Gasteiger partial charge in [-0.25, -0.2) is 0 Å². The van der Waals surface area contributed by atoms with Crippen molar-refractivity contribution >= 4 is 5.97 Å². The van der Waals surface area contributed by atoms with Gasteiger partial charge >= 0.3 is 5.97 Å². The standard InChI is InChI=1S/C11H18N2O2/c14-11(15)8-6-13(7-8)10-3-5-12-4-1-2-9(10)12/h8-10H,1-7H2,(H,14,15). The monoisotopic (exact) mass is 210 g/mol. The molecule has 0 aromatic carbocycles. The Hall–Kier alpha value is -0.610. The van der Waals surface area contributed by atoms with Gasteiger partial charge in [0.2, 0.25) is 0 Å². The second kappa shape index (κ2) is 3.46. The summed E-state index contributed by atoms with van der Waals surface area (Å²) >= 11 is 0. The van der Waals surface area contributed by atoms with E-state index in [9.17, 15) is 4.79 Å². The molecule has 3 saturated heterocycles. The molecule has 3 fully saturated rings. The fourth-order valence-corrected chi connectivity index (χ4v) is 3.42. The van der Waals surface area contributed by atoms with Crippen LogP contribution in [0.15, 0.2) is 0 Å². The zero-order valence-corrected chi connectivity index (χ0v) is 8.93. The third-order valence-electron chi connectivity index (χ3n) is 4.30. The van der Waals surface area contributed by atoms with Crippen molar-refractivity contribution < 1.29 is 9.90 Å². The first-order chi connectivity index (χ1) is 7.25. The highest BCUT2D eigenvalue weighted by Gasteiger charge is 2.45. The molecule has 84 valence electrons. The van der Waals surface area contributed by atoms with E-state index in [2.05, 4.69) is 9.80 Å². The summed E-state index contributed by atoms with van der Waals surface area (Å²) in [5.41, 5.74) is 0. The number of likely N-dealkylation sites (tertiary alicyclic amines) is 1.